The molecule has 0 radical (unpaired) electrons. The average Bonchev–Trinajstić information content (AvgIpc) is 2.93. The Bertz CT molecular complexity index is 901. The van der Waals surface area contributed by atoms with Crippen molar-refractivity contribution in [2.45, 2.75) is 65.5 Å². The normalized spacial score (nSPS) is 17.7. The fourth-order valence-electron chi connectivity index (χ4n) is 4.30. The Hall–Kier alpha value is -2.44. The van der Waals surface area contributed by atoms with Crippen LogP contribution in [0.15, 0.2) is 24.3 Å². The Morgan fingerprint density at radius 2 is 1.39 bits per heavy atom. The minimum atomic E-state index is -1.27. The molecular weight excluding hydrogens is 358 g/mol. The molecule has 1 heterocycles. The summed E-state index contributed by atoms with van der Waals surface area (Å²) in [6, 6.07) is 6.47. The highest BCUT2D eigenvalue weighted by Crippen LogP contribution is 2.51. The average molecular weight is 387 g/mol. The van der Waals surface area contributed by atoms with Crippen molar-refractivity contribution in [1.29, 1.82) is 0 Å². The molecule has 2 aromatic carbocycles. The Balaban J connectivity index is 0.00000136. The Labute approximate surface area is 165 Å². The number of hydroxylamine groups is 2. The molecule has 6 nitrogen and oxygen atoms in total. The molecule has 0 bridgehead atoms. The second-order valence-electron chi connectivity index (χ2n) is 6.80. The SMILES string of the molecule is CC.CCC1c2cc3cc(C(=O)O)c(C(=O)O)cc3cc2C(CC)(CC)N1O. The van der Waals surface area contributed by atoms with E-state index in [2.05, 4.69) is 0 Å². The van der Waals surface area contributed by atoms with Crippen molar-refractivity contribution in [2.24, 2.45) is 0 Å². The van der Waals surface area contributed by atoms with Crippen molar-refractivity contribution in [1.82, 2.24) is 5.06 Å². The molecule has 1 unspecified atom stereocenters. The zero-order chi connectivity index (χ0) is 21.2. The smallest absolute Gasteiger partial charge is 0.336 e. The van der Waals surface area contributed by atoms with Crippen LogP contribution in [0.1, 0.15) is 91.8 Å². The predicted octanol–water partition coefficient (Wildman–Crippen LogP) is 5.43. The van der Waals surface area contributed by atoms with E-state index in [0.717, 1.165) is 17.5 Å². The van der Waals surface area contributed by atoms with Gasteiger partial charge in [0.25, 0.3) is 0 Å². The van der Waals surface area contributed by atoms with Gasteiger partial charge < -0.3 is 15.4 Å². The van der Waals surface area contributed by atoms with E-state index in [1.165, 1.54) is 17.2 Å². The number of carboxylic acids is 2. The maximum absolute atomic E-state index is 11.5. The summed E-state index contributed by atoms with van der Waals surface area (Å²) in [5, 5.41) is 32.3. The minimum Gasteiger partial charge on any atom is -0.478 e. The summed E-state index contributed by atoms with van der Waals surface area (Å²) in [7, 11) is 0. The summed E-state index contributed by atoms with van der Waals surface area (Å²) in [4.78, 5) is 22.9. The van der Waals surface area contributed by atoms with Crippen LogP contribution >= 0.6 is 0 Å². The zero-order valence-corrected chi connectivity index (χ0v) is 17.1. The summed E-state index contributed by atoms with van der Waals surface area (Å²) in [5.74, 6) is -2.53. The minimum absolute atomic E-state index is 0.165. The van der Waals surface area contributed by atoms with Crippen molar-refractivity contribution >= 4 is 22.7 Å². The van der Waals surface area contributed by atoms with Crippen LogP contribution in [0.3, 0.4) is 0 Å². The zero-order valence-electron chi connectivity index (χ0n) is 17.1. The first-order valence-corrected chi connectivity index (χ1v) is 9.87. The van der Waals surface area contributed by atoms with Gasteiger partial charge in [-0.25, -0.2) is 9.59 Å². The van der Waals surface area contributed by atoms with Gasteiger partial charge in [-0.3, -0.25) is 0 Å². The molecule has 2 aromatic rings. The molecule has 1 aliphatic rings. The number of aromatic carboxylic acids is 2. The van der Waals surface area contributed by atoms with Gasteiger partial charge in [-0.05, 0) is 65.4 Å². The summed E-state index contributed by atoms with van der Waals surface area (Å²) >= 11 is 0. The van der Waals surface area contributed by atoms with Gasteiger partial charge in [-0.2, -0.15) is 5.06 Å². The molecule has 0 saturated carbocycles. The molecule has 152 valence electrons. The third kappa shape index (κ3) is 3.16. The molecule has 0 fully saturated rings. The van der Waals surface area contributed by atoms with E-state index < -0.39 is 17.5 Å². The van der Waals surface area contributed by atoms with Crippen LogP contribution in [0.5, 0.6) is 0 Å². The van der Waals surface area contributed by atoms with Crippen LogP contribution in [0, 0.1) is 0 Å². The molecule has 1 aliphatic heterocycles. The lowest BCUT2D eigenvalue weighted by atomic mass is 9.83. The van der Waals surface area contributed by atoms with Gasteiger partial charge in [0, 0.05) is 0 Å². The molecule has 0 saturated heterocycles. The number of carbonyl (C=O) groups is 2. The second kappa shape index (κ2) is 8.29. The van der Waals surface area contributed by atoms with E-state index in [9.17, 15) is 25.0 Å². The molecule has 28 heavy (non-hydrogen) atoms. The Kier molecular flexibility index (Phi) is 6.47. The largest absolute Gasteiger partial charge is 0.478 e. The van der Waals surface area contributed by atoms with Gasteiger partial charge in [0.1, 0.15) is 0 Å². The van der Waals surface area contributed by atoms with Crippen LogP contribution in [0.2, 0.25) is 0 Å². The third-order valence-electron chi connectivity index (χ3n) is 5.76. The number of fused-ring (bicyclic) bond motifs is 2. The lowest BCUT2D eigenvalue weighted by Gasteiger charge is -2.35. The number of hydrogen-bond donors (Lipinski definition) is 3. The molecule has 0 amide bonds. The summed E-state index contributed by atoms with van der Waals surface area (Å²) in [5.41, 5.74) is 0.997. The second-order valence-corrected chi connectivity index (χ2v) is 6.80. The van der Waals surface area contributed by atoms with Crippen molar-refractivity contribution in [3.05, 3.63) is 46.5 Å². The number of carboxylic acid groups (broad SMARTS) is 2. The molecular formula is C22H29NO5. The highest BCUT2D eigenvalue weighted by molar-refractivity contribution is 6.06. The van der Waals surface area contributed by atoms with E-state index in [1.54, 1.807) is 0 Å². The van der Waals surface area contributed by atoms with E-state index >= 15 is 0 Å². The maximum Gasteiger partial charge on any atom is 0.336 e. The van der Waals surface area contributed by atoms with E-state index in [4.69, 9.17) is 0 Å². The van der Waals surface area contributed by atoms with Gasteiger partial charge in [0.2, 0.25) is 0 Å². The van der Waals surface area contributed by atoms with Gasteiger partial charge in [0.05, 0.1) is 22.7 Å². The molecule has 0 aromatic heterocycles. The van der Waals surface area contributed by atoms with Crippen LogP contribution in [0.25, 0.3) is 10.8 Å². The first-order chi connectivity index (χ1) is 13.3. The third-order valence-corrected chi connectivity index (χ3v) is 5.76. The summed E-state index contributed by atoms with van der Waals surface area (Å²) in [6.07, 6.45) is 2.15. The number of hydrogen-bond acceptors (Lipinski definition) is 4. The molecule has 0 aliphatic carbocycles. The molecule has 1 atom stereocenters. The van der Waals surface area contributed by atoms with Crippen LogP contribution in [0.4, 0.5) is 0 Å². The van der Waals surface area contributed by atoms with Crippen molar-refractivity contribution in [2.75, 3.05) is 0 Å². The number of nitrogens with zero attached hydrogens (tertiary/aromatic N) is 1. The van der Waals surface area contributed by atoms with Gasteiger partial charge in [-0.1, -0.05) is 34.6 Å². The monoisotopic (exact) mass is 387 g/mol. The fourth-order valence-corrected chi connectivity index (χ4v) is 4.30. The van der Waals surface area contributed by atoms with Crippen LogP contribution in [-0.4, -0.2) is 32.4 Å². The first kappa shape index (κ1) is 21.9. The molecule has 6 heteroatoms. The molecule has 0 spiro atoms. The van der Waals surface area contributed by atoms with Gasteiger partial charge in [-0.15, -0.1) is 0 Å². The van der Waals surface area contributed by atoms with E-state index in [1.807, 2.05) is 46.8 Å². The summed E-state index contributed by atoms with van der Waals surface area (Å²) < 4.78 is 0. The van der Waals surface area contributed by atoms with Gasteiger partial charge in [0.15, 0.2) is 0 Å². The fraction of sp³-hybridized carbons (Fsp3) is 0.455. The number of benzene rings is 2. The van der Waals surface area contributed by atoms with Crippen molar-refractivity contribution < 1.29 is 25.0 Å². The molecule has 3 N–H and O–H groups in total. The highest BCUT2D eigenvalue weighted by Gasteiger charge is 2.47. The van der Waals surface area contributed by atoms with Crippen LogP contribution in [-0.2, 0) is 5.54 Å². The standard InChI is InChI=1S/C20H23NO5.C2H6/c1-4-17-15-9-11-7-13(18(22)23)14(19(24)25)8-12(11)10-16(15)20(5-2,6-3)21(17)26;1-2/h7-10,17,26H,4-6H2,1-3H3,(H,22,23)(H,24,25);1-2H3. The van der Waals surface area contributed by atoms with E-state index in [0.29, 0.717) is 23.6 Å². The quantitative estimate of drug-likeness (QED) is 0.632. The lowest BCUT2D eigenvalue weighted by molar-refractivity contribution is -0.200. The lowest BCUT2D eigenvalue weighted by Crippen LogP contribution is -2.39. The number of rotatable bonds is 5. The Morgan fingerprint density at radius 3 is 1.79 bits per heavy atom. The topological polar surface area (TPSA) is 98.1 Å². The summed E-state index contributed by atoms with van der Waals surface area (Å²) in [6.45, 7) is 10.0. The maximum atomic E-state index is 11.5. The highest BCUT2D eigenvalue weighted by atomic mass is 16.5. The first-order valence-electron chi connectivity index (χ1n) is 9.87. The Morgan fingerprint density at radius 1 is 0.929 bits per heavy atom. The van der Waals surface area contributed by atoms with Crippen molar-refractivity contribution in [3.8, 4) is 0 Å². The van der Waals surface area contributed by atoms with Crippen LogP contribution < -0.4 is 0 Å². The van der Waals surface area contributed by atoms with Crippen molar-refractivity contribution in [3.63, 3.8) is 0 Å². The predicted molar refractivity (Wildman–Crippen MR) is 108 cm³/mol. The van der Waals surface area contributed by atoms with E-state index in [-0.39, 0.29) is 17.2 Å². The molecule has 3 rings (SSSR count). The van der Waals surface area contributed by atoms with Gasteiger partial charge >= 0.3 is 11.9 Å².